The molecule has 0 fully saturated rings. The van der Waals surface area contributed by atoms with Crippen LogP contribution in [0.25, 0.3) is 0 Å². The quantitative estimate of drug-likeness (QED) is 0.846. The molecule has 0 bridgehead atoms. The van der Waals surface area contributed by atoms with Crippen molar-refractivity contribution in [1.82, 2.24) is 10.2 Å². The number of hydrogen-bond acceptors (Lipinski definition) is 2. The fraction of sp³-hybridized carbons (Fsp3) is 0.471. The molecule has 21 heavy (non-hydrogen) atoms. The van der Waals surface area contributed by atoms with Crippen LogP contribution in [0.15, 0.2) is 36.4 Å². The number of carbonyl (C=O) groups is 1. The van der Waals surface area contributed by atoms with E-state index in [1.54, 1.807) is 0 Å². The van der Waals surface area contributed by atoms with Crippen LogP contribution in [0.4, 0.5) is 0 Å². The molecular weight excluding hydrogens is 284 g/mol. The highest BCUT2D eigenvalue weighted by Crippen LogP contribution is 2.26. The molecule has 4 heteroatoms. The van der Waals surface area contributed by atoms with Gasteiger partial charge in [-0.1, -0.05) is 42.0 Å². The first kappa shape index (κ1) is 16.1. The first-order valence-electron chi connectivity index (χ1n) is 7.43. The van der Waals surface area contributed by atoms with Crippen molar-refractivity contribution < 1.29 is 4.79 Å². The fourth-order valence-electron chi connectivity index (χ4n) is 2.69. The Labute approximate surface area is 132 Å². The van der Waals surface area contributed by atoms with Gasteiger partial charge >= 0.3 is 0 Å². The van der Waals surface area contributed by atoms with Crippen LogP contribution >= 0.6 is 11.6 Å². The minimum absolute atomic E-state index is 0.0850. The number of carbonyl (C=O) groups excluding carboxylic acids is 1. The number of hydrogen-bond donors (Lipinski definition) is 1. The standard InChI is InChI=1S/C17H23ClN2O/c1-20(2)16(14-10-6-7-11-15(14)18)12-19-17(21)13-8-4-3-5-9-13/h3-4,6-7,10-11,13,16H,5,8-9,12H2,1-2H3,(H,19,21). The van der Waals surface area contributed by atoms with E-state index in [1.165, 1.54) is 0 Å². The van der Waals surface area contributed by atoms with Crippen molar-refractivity contribution in [3.63, 3.8) is 0 Å². The Morgan fingerprint density at radius 3 is 2.76 bits per heavy atom. The van der Waals surface area contributed by atoms with Gasteiger partial charge in [-0.2, -0.15) is 0 Å². The maximum Gasteiger partial charge on any atom is 0.223 e. The minimum Gasteiger partial charge on any atom is -0.354 e. The first-order chi connectivity index (χ1) is 10.1. The zero-order valence-electron chi connectivity index (χ0n) is 12.7. The average molecular weight is 307 g/mol. The maximum absolute atomic E-state index is 12.2. The molecule has 0 spiro atoms. The van der Waals surface area contributed by atoms with Crippen molar-refractivity contribution in [3.05, 3.63) is 47.0 Å². The second-order valence-corrected chi connectivity index (χ2v) is 6.13. The first-order valence-corrected chi connectivity index (χ1v) is 7.81. The van der Waals surface area contributed by atoms with E-state index >= 15 is 0 Å². The number of amides is 1. The van der Waals surface area contributed by atoms with Gasteiger partial charge < -0.3 is 10.2 Å². The predicted molar refractivity (Wildman–Crippen MR) is 87.4 cm³/mol. The lowest BCUT2D eigenvalue weighted by Crippen LogP contribution is -2.38. The van der Waals surface area contributed by atoms with E-state index in [0.29, 0.717) is 6.54 Å². The van der Waals surface area contributed by atoms with Gasteiger partial charge in [-0.05, 0) is 45.0 Å². The maximum atomic E-state index is 12.2. The van der Waals surface area contributed by atoms with Crippen molar-refractivity contribution in [3.8, 4) is 0 Å². The molecule has 1 aromatic carbocycles. The molecule has 1 aliphatic rings. The summed E-state index contributed by atoms with van der Waals surface area (Å²) in [7, 11) is 4.01. The highest BCUT2D eigenvalue weighted by Gasteiger charge is 2.22. The lowest BCUT2D eigenvalue weighted by molar-refractivity contribution is -0.125. The zero-order chi connectivity index (χ0) is 15.2. The molecule has 1 aliphatic carbocycles. The molecule has 2 atom stereocenters. The summed E-state index contributed by atoms with van der Waals surface area (Å²) < 4.78 is 0. The normalized spacial score (nSPS) is 19.5. The second kappa shape index (κ2) is 7.62. The van der Waals surface area contributed by atoms with Crippen LogP contribution in [-0.2, 0) is 4.79 Å². The second-order valence-electron chi connectivity index (χ2n) is 5.73. The number of likely N-dealkylation sites (N-methyl/N-ethyl adjacent to an activating group) is 1. The summed E-state index contributed by atoms with van der Waals surface area (Å²) in [5.74, 6) is 0.266. The Kier molecular flexibility index (Phi) is 5.83. The number of nitrogens with one attached hydrogen (secondary N) is 1. The van der Waals surface area contributed by atoms with Crippen molar-refractivity contribution >= 4 is 17.5 Å². The van der Waals surface area contributed by atoms with E-state index in [9.17, 15) is 4.79 Å². The van der Waals surface area contributed by atoms with E-state index in [0.717, 1.165) is 29.8 Å². The van der Waals surface area contributed by atoms with Crippen LogP contribution in [0.2, 0.25) is 5.02 Å². The third-order valence-corrected chi connectivity index (χ3v) is 4.34. The van der Waals surface area contributed by atoms with Crippen molar-refractivity contribution in [2.75, 3.05) is 20.6 Å². The highest BCUT2D eigenvalue weighted by molar-refractivity contribution is 6.31. The molecule has 0 aliphatic heterocycles. The van der Waals surface area contributed by atoms with E-state index in [1.807, 2.05) is 38.4 Å². The minimum atomic E-state index is 0.0850. The number of halogens is 1. The number of benzene rings is 1. The van der Waals surface area contributed by atoms with Gasteiger partial charge in [0.25, 0.3) is 0 Å². The Balaban J connectivity index is 1.99. The summed E-state index contributed by atoms with van der Waals surface area (Å²) in [5.41, 5.74) is 1.05. The molecule has 114 valence electrons. The summed E-state index contributed by atoms with van der Waals surface area (Å²) in [6.07, 6.45) is 7.05. The van der Waals surface area contributed by atoms with Crippen molar-refractivity contribution in [2.45, 2.75) is 25.3 Å². The molecule has 1 aromatic rings. The molecule has 0 radical (unpaired) electrons. The smallest absolute Gasteiger partial charge is 0.223 e. The molecule has 0 saturated carbocycles. The van der Waals surface area contributed by atoms with Gasteiger partial charge in [-0.15, -0.1) is 0 Å². The summed E-state index contributed by atoms with van der Waals surface area (Å²) in [6, 6.07) is 7.89. The molecule has 0 aromatic heterocycles. The Hall–Kier alpha value is -1.32. The molecule has 0 heterocycles. The van der Waals surface area contributed by atoms with Crippen LogP contribution in [-0.4, -0.2) is 31.4 Å². The van der Waals surface area contributed by atoms with Crippen molar-refractivity contribution in [2.24, 2.45) is 5.92 Å². The molecular formula is C17H23ClN2O. The van der Waals surface area contributed by atoms with E-state index in [-0.39, 0.29) is 17.9 Å². The third-order valence-electron chi connectivity index (χ3n) is 4.00. The molecule has 2 unspecified atom stereocenters. The Bertz CT molecular complexity index is 513. The largest absolute Gasteiger partial charge is 0.354 e. The Morgan fingerprint density at radius 1 is 1.38 bits per heavy atom. The SMILES string of the molecule is CN(C)C(CNC(=O)C1CC=CCC1)c1ccccc1Cl. The van der Waals surface area contributed by atoms with Gasteiger partial charge in [0.1, 0.15) is 0 Å². The molecule has 3 nitrogen and oxygen atoms in total. The van der Waals surface area contributed by atoms with Crippen LogP contribution in [0, 0.1) is 5.92 Å². The summed E-state index contributed by atoms with van der Waals surface area (Å²) in [5, 5.41) is 3.83. The number of nitrogens with zero attached hydrogens (tertiary/aromatic N) is 1. The van der Waals surface area contributed by atoms with Gasteiger partial charge in [0.15, 0.2) is 0 Å². The average Bonchev–Trinajstić information content (AvgIpc) is 2.49. The monoisotopic (exact) mass is 306 g/mol. The number of allylic oxidation sites excluding steroid dienone is 2. The van der Waals surface area contributed by atoms with Crippen LogP contribution in [0.3, 0.4) is 0 Å². The van der Waals surface area contributed by atoms with Crippen LogP contribution in [0.5, 0.6) is 0 Å². The van der Waals surface area contributed by atoms with Crippen molar-refractivity contribution in [1.29, 1.82) is 0 Å². The van der Waals surface area contributed by atoms with E-state index in [4.69, 9.17) is 11.6 Å². The van der Waals surface area contributed by atoms with Gasteiger partial charge in [0.05, 0.1) is 6.04 Å². The zero-order valence-corrected chi connectivity index (χ0v) is 13.4. The molecule has 1 N–H and O–H groups in total. The van der Waals surface area contributed by atoms with Gasteiger partial charge in [-0.25, -0.2) is 0 Å². The van der Waals surface area contributed by atoms with Gasteiger partial charge in [-0.3, -0.25) is 4.79 Å². The van der Waals surface area contributed by atoms with E-state index < -0.39 is 0 Å². The van der Waals surface area contributed by atoms with Gasteiger partial charge in [0, 0.05) is 17.5 Å². The molecule has 0 saturated heterocycles. The number of rotatable bonds is 5. The lowest BCUT2D eigenvalue weighted by Gasteiger charge is -2.27. The van der Waals surface area contributed by atoms with Crippen LogP contribution < -0.4 is 5.32 Å². The molecule has 1 amide bonds. The topological polar surface area (TPSA) is 32.3 Å². The Morgan fingerprint density at radius 2 is 2.14 bits per heavy atom. The predicted octanol–water partition coefficient (Wildman–Crippen LogP) is 3.42. The lowest BCUT2D eigenvalue weighted by atomic mass is 9.93. The summed E-state index contributed by atoms with van der Waals surface area (Å²) in [4.78, 5) is 14.3. The fourth-order valence-corrected chi connectivity index (χ4v) is 2.95. The van der Waals surface area contributed by atoms with E-state index in [2.05, 4.69) is 22.4 Å². The molecule has 2 rings (SSSR count). The summed E-state index contributed by atoms with van der Waals surface area (Å²) in [6.45, 7) is 0.579. The summed E-state index contributed by atoms with van der Waals surface area (Å²) >= 11 is 6.28. The highest BCUT2D eigenvalue weighted by atomic mass is 35.5. The van der Waals surface area contributed by atoms with Crippen LogP contribution in [0.1, 0.15) is 30.9 Å². The third kappa shape index (κ3) is 4.32. The van der Waals surface area contributed by atoms with Gasteiger partial charge in [0.2, 0.25) is 5.91 Å².